The molecule has 0 N–H and O–H groups in total. The van der Waals surface area contributed by atoms with Crippen molar-refractivity contribution in [2.24, 2.45) is 0 Å². The largest absolute Gasteiger partial charge is 0.497 e. The fourth-order valence-corrected chi connectivity index (χ4v) is 2.93. The lowest BCUT2D eigenvalue weighted by Crippen LogP contribution is -2.09. The van der Waals surface area contributed by atoms with E-state index in [0.29, 0.717) is 22.6 Å². The van der Waals surface area contributed by atoms with Crippen molar-refractivity contribution >= 4 is 33.8 Å². The average Bonchev–Trinajstić information content (AvgIpc) is 2.78. The van der Waals surface area contributed by atoms with Crippen molar-refractivity contribution in [1.29, 1.82) is 0 Å². The van der Waals surface area contributed by atoms with E-state index in [1.807, 2.05) is 12.1 Å². The summed E-state index contributed by atoms with van der Waals surface area (Å²) in [7, 11) is 3.01. The van der Waals surface area contributed by atoms with Gasteiger partial charge in [-0.2, -0.15) is 0 Å². The van der Waals surface area contributed by atoms with Crippen LogP contribution in [0.4, 0.5) is 0 Å². The predicted molar refractivity (Wildman–Crippen MR) is 118 cm³/mol. The third-order valence-corrected chi connectivity index (χ3v) is 4.78. The summed E-state index contributed by atoms with van der Waals surface area (Å²) in [5, 5.41) is 0. The Morgan fingerprint density at radius 2 is 1.60 bits per heavy atom. The van der Waals surface area contributed by atoms with E-state index >= 15 is 0 Å². The fourth-order valence-electron chi connectivity index (χ4n) is 2.66. The lowest BCUT2D eigenvalue weighted by Gasteiger charge is -2.10. The minimum absolute atomic E-state index is 0.116. The van der Waals surface area contributed by atoms with Gasteiger partial charge in [0.2, 0.25) is 0 Å². The Morgan fingerprint density at radius 3 is 2.30 bits per heavy atom. The molecule has 3 rings (SSSR count). The number of carbonyl (C=O) groups is 2. The minimum atomic E-state index is -0.527. The number of rotatable bonds is 7. The molecule has 152 valence electrons. The second kappa shape index (κ2) is 9.89. The highest BCUT2D eigenvalue weighted by atomic mass is 79.9. The number of ketones is 1. The van der Waals surface area contributed by atoms with Crippen LogP contribution in [0.15, 0.2) is 77.3 Å². The van der Waals surface area contributed by atoms with Gasteiger partial charge in [0.05, 0.1) is 19.8 Å². The quantitative estimate of drug-likeness (QED) is 0.197. The Balaban J connectivity index is 1.75. The van der Waals surface area contributed by atoms with Crippen LogP contribution in [0.25, 0.3) is 6.08 Å². The van der Waals surface area contributed by atoms with E-state index in [9.17, 15) is 9.59 Å². The number of methoxy groups -OCH3 is 2. The van der Waals surface area contributed by atoms with Gasteiger partial charge >= 0.3 is 5.97 Å². The lowest BCUT2D eigenvalue weighted by molar-refractivity contribution is 0.0729. The molecule has 0 saturated carbocycles. The molecule has 0 bridgehead atoms. The number of ether oxygens (including phenoxy) is 3. The van der Waals surface area contributed by atoms with Crippen molar-refractivity contribution < 1.29 is 23.8 Å². The average molecular weight is 467 g/mol. The summed E-state index contributed by atoms with van der Waals surface area (Å²) >= 11 is 3.35. The molecule has 0 amide bonds. The Kier molecular flexibility index (Phi) is 7.03. The number of halogens is 1. The third-order valence-electron chi connectivity index (χ3n) is 4.25. The van der Waals surface area contributed by atoms with Crippen molar-refractivity contribution in [2.75, 3.05) is 14.2 Å². The molecule has 0 fully saturated rings. The highest BCUT2D eigenvalue weighted by Crippen LogP contribution is 2.29. The topological polar surface area (TPSA) is 61.8 Å². The maximum Gasteiger partial charge on any atom is 0.343 e. The molecule has 6 heteroatoms. The summed E-state index contributed by atoms with van der Waals surface area (Å²) in [5.41, 5.74) is 1.68. The standard InChI is InChI=1S/C24H19BrO5/c1-28-20-5-3-4-18(15-20)24(27)30-22-13-7-16(14-23(22)29-2)6-12-21(26)17-8-10-19(25)11-9-17/h3-15H,1-2H3/b12-6+. The lowest BCUT2D eigenvalue weighted by atomic mass is 10.1. The van der Waals surface area contributed by atoms with Crippen LogP contribution >= 0.6 is 15.9 Å². The number of hydrogen-bond acceptors (Lipinski definition) is 5. The van der Waals surface area contributed by atoms with Crippen molar-refractivity contribution in [2.45, 2.75) is 0 Å². The normalized spacial score (nSPS) is 10.6. The Hall–Kier alpha value is -3.38. The van der Waals surface area contributed by atoms with Crippen LogP contribution in [0.5, 0.6) is 17.2 Å². The number of hydrogen-bond donors (Lipinski definition) is 0. The van der Waals surface area contributed by atoms with Gasteiger partial charge in [-0.3, -0.25) is 4.79 Å². The predicted octanol–water partition coefficient (Wildman–Crippen LogP) is 5.58. The molecule has 0 aliphatic rings. The molecule has 0 aromatic heterocycles. The summed E-state index contributed by atoms with van der Waals surface area (Å²) < 4.78 is 16.9. The summed E-state index contributed by atoms with van der Waals surface area (Å²) in [6.45, 7) is 0. The summed E-state index contributed by atoms with van der Waals surface area (Å²) in [6.07, 6.45) is 3.17. The van der Waals surface area contributed by atoms with Gasteiger partial charge in [-0.05, 0) is 66.2 Å². The highest BCUT2D eigenvalue weighted by Gasteiger charge is 2.13. The number of allylic oxidation sites excluding steroid dienone is 1. The first-order valence-corrected chi connectivity index (χ1v) is 9.81. The van der Waals surface area contributed by atoms with Crippen LogP contribution in [-0.4, -0.2) is 26.0 Å². The van der Waals surface area contributed by atoms with E-state index in [1.165, 1.54) is 20.3 Å². The van der Waals surface area contributed by atoms with Crippen LogP contribution in [0.1, 0.15) is 26.3 Å². The molecule has 0 spiro atoms. The molecule has 0 heterocycles. The molecular formula is C24H19BrO5. The maximum atomic E-state index is 12.4. The van der Waals surface area contributed by atoms with Crippen LogP contribution in [-0.2, 0) is 0 Å². The van der Waals surface area contributed by atoms with Crippen LogP contribution in [0.3, 0.4) is 0 Å². The van der Waals surface area contributed by atoms with Crippen LogP contribution < -0.4 is 14.2 Å². The third kappa shape index (κ3) is 5.36. The van der Waals surface area contributed by atoms with Crippen molar-refractivity contribution in [3.63, 3.8) is 0 Å². The zero-order valence-electron chi connectivity index (χ0n) is 16.4. The zero-order chi connectivity index (χ0) is 21.5. The SMILES string of the molecule is COc1cccc(C(=O)Oc2ccc(/C=C/C(=O)c3ccc(Br)cc3)cc2OC)c1. The van der Waals surface area contributed by atoms with Crippen LogP contribution in [0, 0.1) is 0 Å². The van der Waals surface area contributed by atoms with E-state index < -0.39 is 5.97 Å². The number of carbonyl (C=O) groups excluding carboxylic acids is 2. The highest BCUT2D eigenvalue weighted by molar-refractivity contribution is 9.10. The molecule has 30 heavy (non-hydrogen) atoms. The van der Waals surface area contributed by atoms with Gasteiger partial charge in [-0.25, -0.2) is 4.79 Å². The van der Waals surface area contributed by atoms with Gasteiger partial charge in [-0.15, -0.1) is 0 Å². The second-order valence-corrected chi connectivity index (χ2v) is 7.15. The van der Waals surface area contributed by atoms with Gasteiger partial charge in [0, 0.05) is 10.0 Å². The molecule has 0 aliphatic heterocycles. The number of benzene rings is 3. The molecular weight excluding hydrogens is 448 g/mol. The first-order chi connectivity index (χ1) is 14.5. The molecule has 0 saturated heterocycles. The van der Waals surface area contributed by atoms with Crippen LogP contribution in [0.2, 0.25) is 0 Å². The number of esters is 1. The van der Waals surface area contributed by atoms with Crippen molar-refractivity contribution in [3.8, 4) is 17.2 Å². The molecule has 0 atom stereocenters. The van der Waals surface area contributed by atoms with E-state index in [2.05, 4.69) is 15.9 Å². The van der Waals surface area contributed by atoms with Crippen molar-refractivity contribution in [3.05, 3.63) is 94.0 Å². The molecule has 3 aromatic rings. The Bertz CT molecular complexity index is 1090. The minimum Gasteiger partial charge on any atom is -0.497 e. The Morgan fingerprint density at radius 1 is 0.833 bits per heavy atom. The molecule has 0 aliphatic carbocycles. The van der Waals surface area contributed by atoms with Gasteiger partial charge in [0.25, 0.3) is 0 Å². The first kappa shape index (κ1) is 21.3. The van der Waals surface area contributed by atoms with E-state index in [1.54, 1.807) is 60.7 Å². The van der Waals surface area contributed by atoms with Crippen molar-refractivity contribution in [1.82, 2.24) is 0 Å². The van der Waals surface area contributed by atoms with Gasteiger partial charge in [0.1, 0.15) is 5.75 Å². The fraction of sp³-hybridized carbons (Fsp3) is 0.0833. The molecule has 0 unspecified atom stereocenters. The summed E-state index contributed by atoms with van der Waals surface area (Å²) in [4.78, 5) is 24.7. The monoisotopic (exact) mass is 466 g/mol. The smallest absolute Gasteiger partial charge is 0.343 e. The van der Waals surface area contributed by atoms with Gasteiger partial charge < -0.3 is 14.2 Å². The second-order valence-electron chi connectivity index (χ2n) is 6.24. The summed E-state index contributed by atoms with van der Waals surface area (Å²) in [5.74, 6) is 0.578. The first-order valence-electron chi connectivity index (χ1n) is 9.02. The van der Waals surface area contributed by atoms with Gasteiger partial charge in [0.15, 0.2) is 17.3 Å². The Labute approximate surface area is 183 Å². The molecule has 3 aromatic carbocycles. The van der Waals surface area contributed by atoms with E-state index in [0.717, 1.165) is 10.0 Å². The maximum absolute atomic E-state index is 12.4. The summed E-state index contributed by atoms with van der Waals surface area (Å²) in [6, 6.07) is 18.9. The molecule has 5 nitrogen and oxygen atoms in total. The molecule has 0 radical (unpaired) electrons. The van der Waals surface area contributed by atoms with Gasteiger partial charge in [-0.1, -0.05) is 34.1 Å². The van der Waals surface area contributed by atoms with E-state index in [4.69, 9.17) is 14.2 Å². The van der Waals surface area contributed by atoms with E-state index in [-0.39, 0.29) is 11.5 Å². The zero-order valence-corrected chi connectivity index (χ0v) is 18.0.